The third-order valence-corrected chi connectivity index (χ3v) is 8.18. The molecule has 0 aromatic heterocycles. The SMILES string of the molecule is C[C](C)=[Zr+2].Cc1cc(C23CC4CC(CC(C4)C2)C3)c[cH-]1.[Cl-].[Cl-].[c-]1cccc2c1Cc1ccccc1-2. The van der Waals surface area contributed by atoms with Gasteiger partial charge >= 0.3 is 41.3 Å². The molecule has 0 aliphatic heterocycles. The summed E-state index contributed by atoms with van der Waals surface area (Å²) in [7, 11) is 0. The van der Waals surface area contributed by atoms with Crippen molar-refractivity contribution in [3.8, 4) is 11.1 Å². The van der Waals surface area contributed by atoms with E-state index in [1.54, 1.807) is 49.1 Å². The molecule has 0 unspecified atom stereocenters. The second-order valence-electron chi connectivity index (χ2n) is 11.3. The molecule has 4 fully saturated rings. The molecule has 0 atom stereocenters. The molecule has 0 saturated heterocycles. The average Bonchev–Trinajstić information content (AvgIpc) is 3.37. The van der Waals surface area contributed by atoms with Crippen LogP contribution in [-0.2, 0) is 36.1 Å². The van der Waals surface area contributed by atoms with Crippen molar-refractivity contribution in [2.45, 2.75) is 71.1 Å². The zero-order chi connectivity index (χ0) is 23.0. The minimum absolute atomic E-state index is 0. The molecule has 184 valence electrons. The van der Waals surface area contributed by atoms with Gasteiger partial charge in [-0.25, -0.2) is 6.07 Å². The summed E-state index contributed by atoms with van der Waals surface area (Å²) in [5.74, 6) is 3.21. The summed E-state index contributed by atoms with van der Waals surface area (Å²) in [5, 5.41) is 0. The molecule has 8 rings (SSSR count). The van der Waals surface area contributed by atoms with Gasteiger partial charge in [0.1, 0.15) is 0 Å². The molecule has 35 heavy (non-hydrogen) atoms. The van der Waals surface area contributed by atoms with Crippen molar-refractivity contribution >= 4 is 3.21 Å². The third kappa shape index (κ3) is 6.34. The first-order valence-electron chi connectivity index (χ1n) is 12.8. The fourth-order valence-electron chi connectivity index (χ4n) is 7.35. The number of rotatable bonds is 1. The van der Waals surface area contributed by atoms with Crippen molar-refractivity contribution in [3.05, 3.63) is 89.0 Å². The number of aryl methyl sites for hydroxylation is 1. The largest absolute Gasteiger partial charge is 1.00 e. The number of hydrogen-bond acceptors (Lipinski definition) is 0. The van der Waals surface area contributed by atoms with Gasteiger partial charge in [0.05, 0.1) is 0 Å². The first-order valence-corrected chi connectivity index (χ1v) is 14.0. The van der Waals surface area contributed by atoms with Crippen LogP contribution < -0.4 is 24.8 Å². The summed E-state index contributed by atoms with van der Waals surface area (Å²) in [5.41, 5.74) is 9.27. The van der Waals surface area contributed by atoms with Crippen molar-refractivity contribution in [2.75, 3.05) is 0 Å². The zero-order valence-corrected chi connectivity index (χ0v) is 25.2. The van der Waals surface area contributed by atoms with Crippen LogP contribution in [0.5, 0.6) is 0 Å². The van der Waals surface area contributed by atoms with Crippen LogP contribution in [-0.4, -0.2) is 3.21 Å². The fourth-order valence-corrected chi connectivity index (χ4v) is 7.35. The van der Waals surface area contributed by atoms with Gasteiger partial charge in [0.15, 0.2) is 0 Å². The normalized spacial score (nSPS) is 26.0. The molecule has 3 aromatic carbocycles. The van der Waals surface area contributed by atoms with Crippen LogP contribution in [0.1, 0.15) is 74.6 Å². The molecule has 3 heteroatoms. The summed E-state index contributed by atoms with van der Waals surface area (Å²) >= 11 is 1.55. The molecule has 4 saturated carbocycles. The Kier molecular flexibility index (Phi) is 9.93. The standard InChI is InChI=1S/C16H21.C13H9.C3H6.2ClH.Zr/c1-11-2-3-15(4-11)16-8-12-5-13(9-16)7-14(6-12)10-16;1-3-7-12-10(5-1)9-11-6-2-4-8-13(11)12;1-3-2;;;/h2-4,12-14H,5-10H2,1H3;1-5,7-8H,9H2;1-2H3;2*1H;/q2*-1;;;;+2/p-2. The van der Waals surface area contributed by atoms with Gasteiger partial charge in [0.2, 0.25) is 0 Å². The Hall–Kier alpha value is -0.877. The van der Waals surface area contributed by atoms with Crippen molar-refractivity contribution in [1.29, 1.82) is 0 Å². The van der Waals surface area contributed by atoms with E-state index < -0.39 is 0 Å². The second-order valence-corrected chi connectivity index (χ2v) is 13.7. The fraction of sp³-hybridized carbons (Fsp3) is 0.438. The van der Waals surface area contributed by atoms with Crippen LogP contribution in [0.15, 0.2) is 60.7 Å². The quantitative estimate of drug-likeness (QED) is 0.302. The molecule has 4 bridgehead atoms. The molecule has 0 spiro atoms. The van der Waals surface area contributed by atoms with E-state index in [0.717, 1.165) is 24.2 Å². The van der Waals surface area contributed by atoms with Crippen LogP contribution >= 0.6 is 0 Å². The van der Waals surface area contributed by atoms with Crippen molar-refractivity contribution in [3.63, 3.8) is 0 Å². The predicted octanol–water partition coefficient (Wildman–Crippen LogP) is 1.99. The van der Waals surface area contributed by atoms with Gasteiger partial charge in [-0.05, 0) is 43.4 Å². The molecule has 0 heterocycles. The maximum atomic E-state index is 3.30. The molecule has 5 aliphatic rings. The molecule has 0 amide bonds. The molecule has 0 radical (unpaired) electrons. The first kappa shape index (κ1) is 28.7. The number of hydrogen-bond donors (Lipinski definition) is 0. The summed E-state index contributed by atoms with van der Waals surface area (Å²) in [6.45, 7) is 6.49. The Labute approximate surface area is 239 Å². The van der Waals surface area contributed by atoms with Gasteiger partial charge in [-0.3, -0.25) is 0 Å². The van der Waals surface area contributed by atoms with Crippen LogP contribution in [0.2, 0.25) is 0 Å². The Morgan fingerprint density at radius 2 is 1.49 bits per heavy atom. The van der Waals surface area contributed by atoms with Gasteiger partial charge in [0.25, 0.3) is 0 Å². The summed E-state index contributed by atoms with van der Waals surface area (Å²) < 4.78 is 1.51. The molecule has 5 aliphatic carbocycles. The maximum absolute atomic E-state index is 3.30. The van der Waals surface area contributed by atoms with E-state index in [1.165, 1.54) is 50.3 Å². The van der Waals surface area contributed by atoms with E-state index in [-0.39, 0.29) is 24.8 Å². The van der Waals surface area contributed by atoms with Crippen molar-refractivity contribution < 1.29 is 49.0 Å². The van der Waals surface area contributed by atoms with Crippen LogP contribution in [0, 0.1) is 30.7 Å². The number of halogens is 2. The topological polar surface area (TPSA) is 0 Å². The average molecular weight is 583 g/mol. The van der Waals surface area contributed by atoms with Gasteiger partial charge in [-0.1, -0.05) is 67.0 Å². The minimum atomic E-state index is 0. The Morgan fingerprint density at radius 3 is 2.06 bits per heavy atom. The Balaban J connectivity index is 0.000000165. The van der Waals surface area contributed by atoms with E-state index in [4.69, 9.17) is 0 Å². The van der Waals surface area contributed by atoms with E-state index >= 15 is 0 Å². The predicted molar refractivity (Wildman–Crippen MR) is 136 cm³/mol. The van der Waals surface area contributed by atoms with Crippen LogP contribution in [0.3, 0.4) is 0 Å². The first-order chi connectivity index (χ1) is 15.9. The Morgan fingerprint density at radius 1 is 0.914 bits per heavy atom. The molecule has 0 nitrogen and oxygen atoms in total. The summed E-state index contributed by atoms with van der Waals surface area (Å²) in [6, 6.07) is 25.3. The van der Waals surface area contributed by atoms with E-state index in [2.05, 4.69) is 81.4 Å². The van der Waals surface area contributed by atoms with Gasteiger partial charge in [-0.2, -0.15) is 53.1 Å². The van der Waals surface area contributed by atoms with E-state index in [9.17, 15) is 0 Å². The third-order valence-electron chi connectivity index (χ3n) is 8.18. The van der Waals surface area contributed by atoms with Crippen LogP contribution in [0.25, 0.3) is 11.1 Å². The maximum Gasteiger partial charge on any atom is -0.0253 e. The monoisotopic (exact) mass is 580 g/mol. The summed E-state index contributed by atoms with van der Waals surface area (Å²) in [4.78, 5) is 0. The molecular weight excluding hydrogens is 546 g/mol. The van der Waals surface area contributed by atoms with Crippen molar-refractivity contribution in [1.82, 2.24) is 0 Å². The second kappa shape index (κ2) is 12.1. The molecule has 3 aromatic rings. The van der Waals surface area contributed by atoms with Gasteiger partial charge in [0, 0.05) is 0 Å². The van der Waals surface area contributed by atoms with Crippen LogP contribution in [0.4, 0.5) is 0 Å². The van der Waals surface area contributed by atoms with Gasteiger partial charge < -0.3 is 24.8 Å². The molecular formula is C32H36Cl2Zr-2. The summed E-state index contributed by atoms with van der Waals surface area (Å²) in [6.07, 6.45) is 10.2. The Bertz CT molecular complexity index is 1060. The number of benzene rings is 2. The molecule has 0 N–H and O–H groups in total. The van der Waals surface area contributed by atoms with Crippen molar-refractivity contribution in [2.24, 2.45) is 17.8 Å². The van der Waals surface area contributed by atoms with Gasteiger partial charge in [-0.15, -0.1) is 5.56 Å². The number of fused-ring (bicyclic) bond motifs is 3. The van der Waals surface area contributed by atoms with E-state index in [0.29, 0.717) is 5.41 Å². The zero-order valence-electron chi connectivity index (χ0n) is 21.2. The smallest absolute Gasteiger partial charge is 0.0253 e. The minimum Gasteiger partial charge on any atom is -1.00 e. The van der Waals surface area contributed by atoms with E-state index in [1.807, 2.05) is 6.07 Å².